The predicted molar refractivity (Wildman–Crippen MR) is 67.8 cm³/mol. The van der Waals surface area contributed by atoms with E-state index in [0.717, 1.165) is 15.1 Å². The average molecular weight is 256 g/mol. The summed E-state index contributed by atoms with van der Waals surface area (Å²) in [5, 5.41) is 18.0. The highest BCUT2D eigenvalue weighted by molar-refractivity contribution is 7.99. The van der Waals surface area contributed by atoms with Crippen LogP contribution in [0.5, 0.6) is 0 Å². The van der Waals surface area contributed by atoms with Crippen molar-refractivity contribution in [2.24, 2.45) is 0 Å². The summed E-state index contributed by atoms with van der Waals surface area (Å²) in [4.78, 5) is 5.09. The molecule has 2 aromatic rings. The first-order valence-electron chi connectivity index (χ1n) is 4.75. The van der Waals surface area contributed by atoms with Gasteiger partial charge in [0.2, 0.25) is 0 Å². The van der Waals surface area contributed by atoms with Crippen LogP contribution in [0.2, 0.25) is 0 Å². The number of fused-ring (bicyclic) bond motifs is 1. The van der Waals surface area contributed by atoms with Gasteiger partial charge in [0.05, 0.1) is 28.6 Å². The molecule has 6 heteroatoms. The molecule has 0 bridgehead atoms. The lowest BCUT2D eigenvalue weighted by atomic mass is 10.3. The van der Waals surface area contributed by atoms with Gasteiger partial charge >= 0.3 is 0 Å². The summed E-state index contributed by atoms with van der Waals surface area (Å²) in [6, 6.07) is 3.89. The molecule has 4 nitrogen and oxygen atoms in total. The van der Waals surface area contributed by atoms with Crippen LogP contribution < -0.4 is 5.73 Å². The number of aromatic nitrogens is 1. The molecular formula is C10H12N2O2S2. The second-order valence-corrected chi connectivity index (χ2v) is 5.27. The number of benzene rings is 1. The van der Waals surface area contributed by atoms with Gasteiger partial charge in [-0.1, -0.05) is 0 Å². The Hall–Kier alpha value is -0.820. The maximum atomic E-state index is 9.26. The number of thioether (sulfide) groups is 1. The monoisotopic (exact) mass is 256 g/mol. The van der Waals surface area contributed by atoms with Gasteiger partial charge < -0.3 is 15.9 Å². The number of nitrogens with zero attached hydrogens (tertiary/aromatic N) is 1. The van der Waals surface area contributed by atoms with E-state index in [1.54, 1.807) is 16.8 Å². The zero-order chi connectivity index (χ0) is 11.5. The number of hydrogen-bond donors (Lipinski definition) is 3. The molecule has 16 heavy (non-hydrogen) atoms. The van der Waals surface area contributed by atoms with Crippen molar-refractivity contribution >= 4 is 39.0 Å². The molecule has 1 heterocycles. The van der Waals surface area contributed by atoms with Crippen molar-refractivity contribution in [3.05, 3.63) is 17.6 Å². The molecule has 86 valence electrons. The SMILES string of the molecule is Nc1c(SCC(O)CO)ccc2scnc12. The van der Waals surface area contributed by atoms with Gasteiger partial charge in [-0.3, -0.25) is 0 Å². The van der Waals surface area contributed by atoms with Crippen LogP contribution in [-0.2, 0) is 0 Å². The van der Waals surface area contributed by atoms with E-state index >= 15 is 0 Å². The third-order valence-corrected chi connectivity index (χ3v) is 4.16. The summed E-state index contributed by atoms with van der Waals surface area (Å²) in [6.07, 6.45) is -0.712. The maximum Gasteiger partial charge on any atom is 0.105 e. The second-order valence-electron chi connectivity index (χ2n) is 3.32. The van der Waals surface area contributed by atoms with E-state index in [1.807, 2.05) is 12.1 Å². The van der Waals surface area contributed by atoms with Crippen molar-refractivity contribution in [3.63, 3.8) is 0 Å². The minimum Gasteiger partial charge on any atom is -0.396 e. The fraction of sp³-hybridized carbons (Fsp3) is 0.300. The molecule has 0 aliphatic heterocycles. The zero-order valence-corrected chi connectivity index (χ0v) is 10.1. The lowest BCUT2D eigenvalue weighted by Gasteiger charge is -2.08. The van der Waals surface area contributed by atoms with Crippen molar-refractivity contribution in [2.45, 2.75) is 11.0 Å². The van der Waals surface area contributed by atoms with E-state index in [0.29, 0.717) is 11.4 Å². The van der Waals surface area contributed by atoms with Crippen LogP contribution in [0.4, 0.5) is 5.69 Å². The highest BCUT2D eigenvalue weighted by atomic mass is 32.2. The molecule has 0 amide bonds. The Labute approximate surface area is 101 Å². The van der Waals surface area contributed by atoms with Crippen molar-refractivity contribution in [3.8, 4) is 0 Å². The van der Waals surface area contributed by atoms with E-state index < -0.39 is 6.10 Å². The van der Waals surface area contributed by atoms with Crippen LogP contribution in [0.15, 0.2) is 22.5 Å². The molecule has 0 aliphatic rings. The Bertz CT molecular complexity index is 487. The summed E-state index contributed by atoms with van der Waals surface area (Å²) in [5.41, 5.74) is 9.19. The number of rotatable bonds is 4. The van der Waals surface area contributed by atoms with Crippen LogP contribution in [0.25, 0.3) is 10.2 Å². The summed E-state index contributed by atoms with van der Waals surface area (Å²) in [7, 11) is 0. The van der Waals surface area contributed by atoms with Crippen LogP contribution in [0.3, 0.4) is 0 Å². The Kier molecular flexibility index (Phi) is 3.65. The molecule has 0 saturated heterocycles. The Morgan fingerprint density at radius 3 is 3.06 bits per heavy atom. The Morgan fingerprint density at radius 2 is 2.31 bits per heavy atom. The molecule has 0 aliphatic carbocycles. The zero-order valence-electron chi connectivity index (χ0n) is 8.46. The standard InChI is InChI=1S/C10H12N2O2S2/c11-9-7(15-4-6(14)3-13)1-2-8-10(9)12-5-16-8/h1-2,5-6,13-14H,3-4,11H2. The number of hydrogen-bond acceptors (Lipinski definition) is 6. The molecule has 1 aromatic heterocycles. The highest BCUT2D eigenvalue weighted by Crippen LogP contribution is 2.32. The van der Waals surface area contributed by atoms with E-state index in [4.69, 9.17) is 10.8 Å². The smallest absolute Gasteiger partial charge is 0.105 e. The fourth-order valence-electron chi connectivity index (χ4n) is 1.30. The molecule has 0 spiro atoms. The quantitative estimate of drug-likeness (QED) is 0.568. The molecular weight excluding hydrogens is 244 g/mol. The van der Waals surface area contributed by atoms with Gasteiger partial charge in [-0.25, -0.2) is 4.98 Å². The molecule has 1 unspecified atom stereocenters. The molecule has 1 atom stereocenters. The van der Waals surface area contributed by atoms with Gasteiger partial charge in [0.15, 0.2) is 0 Å². The predicted octanol–water partition coefficient (Wildman–Crippen LogP) is 1.32. The topological polar surface area (TPSA) is 79.4 Å². The molecule has 1 aromatic carbocycles. The number of anilines is 1. The van der Waals surface area contributed by atoms with Gasteiger partial charge in [-0.2, -0.15) is 0 Å². The van der Waals surface area contributed by atoms with Crippen LogP contribution >= 0.6 is 23.1 Å². The molecule has 0 fully saturated rings. The van der Waals surface area contributed by atoms with Gasteiger partial charge in [0.25, 0.3) is 0 Å². The van der Waals surface area contributed by atoms with Crippen LogP contribution in [0, 0.1) is 0 Å². The summed E-state index contributed by atoms with van der Waals surface area (Å²) in [5.74, 6) is 0.427. The second kappa shape index (κ2) is 5.01. The number of nitrogen functional groups attached to an aromatic ring is 1. The van der Waals surface area contributed by atoms with E-state index in [2.05, 4.69) is 4.98 Å². The highest BCUT2D eigenvalue weighted by Gasteiger charge is 2.09. The number of nitrogens with two attached hydrogens (primary N) is 1. The van der Waals surface area contributed by atoms with E-state index in [1.165, 1.54) is 11.8 Å². The van der Waals surface area contributed by atoms with Gasteiger partial charge in [-0.05, 0) is 12.1 Å². The van der Waals surface area contributed by atoms with E-state index in [-0.39, 0.29) is 6.61 Å². The Morgan fingerprint density at radius 1 is 1.50 bits per heavy atom. The fourth-order valence-corrected chi connectivity index (χ4v) is 2.88. The van der Waals surface area contributed by atoms with Crippen LogP contribution in [-0.4, -0.2) is 33.7 Å². The van der Waals surface area contributed by atoms with Crippen molar-refractivity contribution < 1.29 is 10.2 Å². The van der Waals surface area contributed by atoms with Crippen molar-refractivity contribution in [2.75, 3.05) is 18.1 Å². The minimum atomic E-state index is -0.712. The normalized spacial score (nSPS) is 13.1. The van der Waals surface area contributed by atoms with Crippen LogP contribution in [0.1, 0.15) is 0 Å². The largest absolute Gasteiger partial charge is 0.396 e. The first-order chi connectivity index (χ1) is 7.72. The molecule has 0 saturated carbocycles. The Balaban J connectivity index is 2.21. The summed E-state index contributed by atoms with van der Waals surface area (Å²) < 4.78 is 1.06. The van der Waals surface area contributed by atoms with Crippen molar-refractivity contribution in [1.82, 2.24) is 4.98 Å². The summed E-state index contributed by atoms with van der Waals surface area (Å²) in [6.45, 7) is -0.230. The number of aliphatic hydroxyl groups excluding tert-OH is 2. The van der Waals surface area contributed by atoms with Gasteiger partial charge in [0, 0.05) is 10.6 Å². The lowest BCUT2D eigenvalue weighted by molar-refractivity contribution is 0.113. The molecule has 2 rings (SSSR count). The van der Waals surface area contributed by atoms with E-state index in [9.17, 15) is 5.11 Å². The summed E-state index contributed by atoms with van der Waals surface area (Å²) >= 11 is 2.98. The average Bonchev–Trinajstić information content (AvgIpc) is 2.76. The maximum absolute atomic E-state index is 9.26. The van der Waals surface area contributed by atoms with Crippen molar-refractivity contribution in [1.29, 1.82) is 0 Å². The van der Waals surface area contributed by atoms with Gasteiger partial charge in [-0.15, -0.1) is 23.1 Å². The number of thiazole rings is 1. The first kappa shape index (κ1) is 11.7. The third kappa shape index (κ3) is 2.30. The lowest BCUT2D eigenvalue weighted by Crippen LogP contribution is -2.14. The minimum absolute atomic E-state index is 0.230. The third-order valence-electron chi connectivity index (χ3n) is 2.14. The molecule has 4 N–H and O–H groups in total. The first-order valence-corrected chi connectivity index (χ1v) is 6.62. The molecule has 0 radical (unpaired) electrons. The number of aliphatic hydroxyl groups is 2. The van der Waals surface area contributed by atoms with Gasteiger partial charge in [0.1, 0.15) is 5.52 Å².